The molecule has 34 N–H and O–H groups in total. The summed E-state index contributed by atoms with van der Waals surface area (Å²) in [5, 5.41) is 326. The van der Waals surface area contributed by atoms with Gasteiger partial charge >= 0.3 is 0 Å². The average molecular weight is 2070 g/mol. The van der Waals surface area contributed by atoms with Crippen LogP contribution < -0.4 is 37.2 Å². The molecule has 62 nitrogen and oxygen atoms in total. The van der Waals surface area contributed by atoms with Gasteiger partial charge in [-0.1, -0.05) is 0 Å². The summed E-state index contributed by atoms with van der Waals surface area (Å²) in [6.45, 7) is -3.64. The number of nitrogens with one attached hydrogen (secondary N) is 7. The van der Waals surface area contributed by atoms with Crippen LogP contribution in [0.1, 0.15) is 55.4 Å². The average Bonchev–Trinajstić information content (AvgIpc) is 0.758. The summed E-state index contributed by atoms with van der Waals surface area (Å²) in [4.78, 5) is 90.5. The largest absolute Gasteiger partial charge is 0.394 e. The highest BCUT2D eigenvalue weighted by molar-refractivity contribution is 5.75. The van der Waals surface area contributed by atoms with E-state index in [2.05, 4.69) is 37.2 Å². The molecule has 0 aliphatic carbocycles. The van der Waals surface area contributed by atoms with Crippen LogP contribution in [-0.4, -0.2) is 583 Å². The van der Waals surface area contributed by atoms with Gasteiger partial charge in [0.05, 0.1) is 72.2 Å². The molecule has 818 valence electrons. The van der Waals surface area contributed by atoms with Gasteiger partial charge in [0.2, 0.25) is 41.4 Å². The summed E-state index contributed by atoms with van der Waals surface area (Å²) in [6.07, 6.45) is -103. The molecule has 55 atom stereocenters. The Morgan fingerprint density at radius 1 is 0.197 bits per heavy atom. The highest BCUT2D eigenvalue weighted by atomic mass is 16.8. The minimum Gasteiger partial charge on any atom is -0.394 e. The van der Waals surface area contributed by atoms with E-state index in [1.807, 2.05) is 0 Å². The van der Waals surface area contributed by atoms with Crippen LogP contribution in [0.25, 0.3) is 0 Å². The van der Waals surface area contributed by atoms with Crippen LogP contribution in [0.4, 0.5) is 0 Å². The van der Waals surface area contributed by atoms with Gasteiger partial charge in [-0.3, -0.25) is 33.6 Å². The molecule has 11 rings (SSSR count). The molecule has 0 aromatic carbocycles. The quantitative estimate of drug-likeness (QED) is 0.0275. The van der Waals surface area contributed by atoms with E-state index in [0.29, 0.717) is 0 Å². The Kier molecular flexibility index (Phi) is 42.1. The van der Waals surface area contributed by atoms with Crippen LogP contribution in [0.5, 0.6) is 0 Å². The third-order valence-corrected chi connectivity index (χ3v) is 25.7. The fourth-order valence-electron chi connectivity index (χ4n) is 18.4. The van der Waals surface area contributed by atoms with Gasteiger partial charge in [-0.2, -0.15) is 0 Å². The molecule has 7 amide bonds. The number of rotatable bonds is 37. The normalized spacial score (nSPS) is 47.5. The lowest BCUT2D eigenvalue weighted by Gasteiger charge is -2.52. The third-order valence-electron chi connectivity index (χ3n) is 25.7. The number of ether oxygens (including phenoxy) is 21. The lowest BCUT2D eigenvalue weighted by molar-refractivity contribution is -0.405. The maximum absolute atomic E-state index is 13.5. The van der Waals surface area contributed by atoms with Crippen LogP contribution in [0, 0.1) is 0 Å². The topological polar surface area (TPSA) is 944 Å². The Morgan fingerprint density at radius 2 is 0.451 bits per heavy atom. The first-order chi connectivity index (χ1) is 67.0. The Labute approximate surface area is 805 Å². The number of amides is 7. The monoisotopic (exact) mass is 2070 g/mol. The Bertz CT molecular complexity index is 4030. The zero-order valence-electron chi connectivity index (χ0n) is 77.3. The van der Waals surface area contributed by atoms with Crippen LogP contribution in [0.3, 0.4) is 0 Å². The molecule has 0 spiro atoms. The molecular formula is C80H133N7O55. The first-order valence-corrected chi connectivity index (χ1v) is 45.5. The number of carbonyl (C=O) groups excluding carboxylic acids is 7. The molecule has 0 unspecified atom stereocenters. The van der Waals surface area contributed by atoms with Crippen LogP contribution in [-0.2, 0) is 133 Å². The van der Waals surface area contributed by atoms with Gasteiger partial charge in [-0.25, -0.2) is 0 Å². The van der Waals surface area contributed by atoms with Crippen molar-refractivity contribution in [1.82, 2.24) is 37.2 Å². The highest BCUT2D eigenvalue weighted by Gasteiger charge is 2.63. The van der Waals surface area contributed by atoms with Gasteiger partial charge in [0.1, 0.15) is 262 Å². The smallest absolute Gasteiger partial charge is 0.217 e. The van der Waals surface area contributed by atoms with Crippen LogP contribution in [0.15, 0.2) is 0 Å². The molecule has 11 saturated heterocycles. The molecule has 0 aromatic heterocycles. The molecule has 0 saturated carbocycles. The summed E-state index contributed by atoms with van der Waals surface area (Å²) < 4.78 is 128. The van der Waals surface area contributed by atoms with E-state index >= 15 is 0 Å². The van der Waals surface area contributed by atoms with Gasteiger partial charge in [0.15, 0.2) is 69.2 Å². The van der Waals surface area contributed by atoms with Crippen molar-refractivity contribution in [3.8, 4) is 0 Å². The second-order valence-corrected chi connectivity index (χ2v) is 36.0. The Morgan fingerprint density at radius 3 is 0.831 bits per heavy atom. The fourth-order valence-corrected chi connectivity index (χ4v) is 18.4. The Balaban J connectivity index is 1.01. The summed E-state index contributed by atoms with van der Waals surface area (Å²) >= 11 is 0. The van der Waals surface area contributed by atoms with E-state index in [4.69, 9.17) is 99.5 Å². The second kappa shape index (κ2) is 51.3. The zero-order valence-corrected chi connectivity index (χ0v) is 77.3. The minimum absolute atomic E-state index is 0.843. The van der Waals surface area contributed by atoms with Crippen LogP contribution in [0.2, 0.25) is 0 Å². The lowest BCUT2D eigenvalue weighted by Crippen LogP contribution is -2.71. The molecule has 62 heteroatoms. The van der Waals surface area contributed by atoms with E-state index in [-0.39, 0.29) is 0 Å². The molecule has 11 aliphatic rings. The summed E-state index contributed by atoms with van der Waals surface area (Å²) in [5.41, 5.74) is 0. The fraction of sp³-hybridized carbons (Fsp3) is 0.912. The van der Waals surface area contributed by atoms with Gasteiger partial charge in [0, 0.05) is 48.5 Å². The standard InChI is InChI=1S/C80H133N7O55/c1-19-44(102)58(116)60(118)77(125-19)123-18-36-66(55(113)37(70(121)126-36)81-20(2)95)138-75-42(86-25(7)100)57(115)64(32(14-93)131-75)139-78-62(120)67(50(108)35(134-78)17-124-79-68(141-74-41(85-24(6)99)54(112)48(106)30(12-91)130-74)59(117)49(107)34(135-79)16-122-71-38(82-21(3)96)51(109)45(103)27(9-88)127-71)140-80-69(61(119)65(33(15-94)133-80)137-73-40(84-23(5)98)53(111)47(105)29(11-90)129-73)142-76-43(87-26(8)101)56(114)63(31(13-92)132-76)136-72-39(83-22(4)97)52(110)46(104)28(10-89)128-72/h19,27-80,88-94,102-121H,9-18H2,1-8H3,(H,81,95)(H,82,96)(H,83,97)(H,84,98)(H,85,99)(H,86,100)(H,87,101)/t19-,27-,28-,29-,30-,31-,32-,33-,34-,35-,36-,37-,38-,39-,40-,41-,42-,43-,44+,45-,46+,47-,48-,49-,50-,51-,52-,53-,54-,55-,56-,57-,58+,59+,60-,61+,62+,63-,64-,65-,66-,67+,68+,69+,70-,71-,72+,73+,74+,75+,76+,77+,78+,79+,80-/m1/s1. The van der Waals surface area contributed by atoms with Crippen molar-refractivity contribution in [2.24, 2.45) is 0 Å². The van der Waals surface area contributed by atoms with Crippen molar-refractivity contribution in [2.45, 2.75) is 393 Å². The molecule has 142 heavy (non-hydrogen) atoms. The van der Waals surface area contributed by atoms with E-state index < -0.39 is 445 Å². The molecule has 0 aromatic rings. The summed E-state index contributed by atoms with van der Waals surface area (Å²) in [7, 11) is 0. The number of aliphatic hydroxyl groups is 27. The van der Waals surface area contributed by atoms with Gasteiger partial charge in [-0.05, 0) is 6.92 Å². The van der Waals surface area contributed by atoms with Crippen molar-refractivity contribution in [3.05, 3.63) is 0 Å². The number of hydrogen-bond donors (Lipinski definition) is 34. The first kappa shape index (κ1) is 117. The molecule has 11 heterocycles. The molecule has 11 fully saturated rings. The molecule has 11 aliphatic heterocycles. The predicted molar refractivity (Wildman–Crippen MR) is 442 cm³/mol. The number of hydrogen-bond acceptors (Lipinski definition) is 55. The maximum atomic E-state index is 13.5. The van der Waals surface area contributed by atoms with Gasteiger partial charge in [0.25, 0.3) is 0 Å². The van der Waals surface area contributed by atoms with Crippen molar-refractivity contribution in [2.75, 3.05) is 66.1 Å². The van der Waals surface area contributed by atoms with Crippen molar-refractivity contribution < 1.29 is 271 Å². The number of aliphatic hydroxyl groups excluding tert-OH is 27. The predicted octanol–water partition coefficient (Wildman–Crippen LogP) is -22.9. The zero-order chi connectivity index (χ0) is 105. The van der Waals surface area contributed by atoms with E-state index in [1.54, 1.807) is 0 Å². The summed E-state index contributed by atoms with van der Waals surface area (Å²) in [5.74, 6) is -6.57. The molecular weight excluding hydrogens is 1940 g/mol. The molecule has 0 radical (unpaired) electrons. The first-order valence-electron chi connectivity index (χ1n) is 45.5. The second-order valence-electron chi connectivity index (χ2n) is 36.0. The number of carbonyl (C=O) groups is 7. The van der Waals surface area contributed by atoms with Gasteiger partial charge in [-0.15, -0.1) is 0 Å². The third kappa shape index (κ3) is 26.7. The van der Waals surface area contributed by atoms with E-state index in [9.17, 15) is 171 Å². The Hall–Kier alpha value is -5.63. The maximum Gasteiger partial charge on any atom is 0.217 e. The van der Waals surface area contributed by atoms with Crippen molar-refractivity contribution >= 4 is 41.4 Å². The van der Waals surface area contributed by atoms with E-state index in [0.717, 1.165) is 48.5 Å². The van der Waals surface area contributed by atoms with Crippen LogP contribution >= 0.6 is 0 Å². The van der Waals surface area contributed by atoms with E-state index in [1.165, 1.54) is 6.92 Å². The van der Waals surface area contributed by atoms with Crippen molar-refractivity contribution in [1.29, 1.82) is 0 Å². The lowest BCUT2D eigenvalue weighted by atomic mass is 9.93. The van der Waals surface area contributed by atoms with Crippen molar-refractivity contribution in [3.63, 3.8) is 0 Å². The minimum atomic E-state index is -2.79. The highest BCUT2D eigenvalue weighted by Crippen LogP contribution is 2.42. The SMILES string of the molecule is CC(=O)N[C@@H]1[C@@H](O)[C@H](O[C@@H]2O[C@H](CO)[C@@H](O[C@@H]3O[C@H](CO[C@H]4O[C@H](CO[C@@H]5O[C@H](CO)[C@@H](O)[C@H](O)[C@H]5NC(C)=O)[C@@H](O)[C@H](O)[C@@H]4O[C@@H]4O[C@H](CO)[C@@H](O)[C@H](O)[C@H]4NC(C)=O)[C@@H](O)[C@H](O[C@H]4O[C@H](CO)[C@@H](O[C@@H]5O[C@H](CO)[C@@H](O)[C@H](O)[C@H]5NC(C)=O)[C@H](O)[C@@H]4O[C@@H]4O[C@H](CO)[C@@H](O[C@@H]5O[C@H](CO)[C@H](O)[C@H](O)[C@H]5NC(C)=O)[C@H](O)[C@H]4NC(C)=O)[C@@H]3O)[C@H](O)[C@H]2NC(C)=O)[C@@H](CO[C@H]2O[C@H](C)[C@H](O)[C@H](O)[C@H]2O)O[C@H]1O. The molecule has 0 bridgehead atoms. The van der Waals surface area contributed by atoms with Gasteiger partial charge < -0.3 is 275 Å². The summed E-state index contributed by atoms with van der Waals surface area (Å²) in [6, 6.07) is -13.3.